The van der Waals surface area contributed by atoms with Gasteiger partial charge in [0.2, 0.25) is 0 Å². The summed E-state index contributed by atoms with van der Waals surface area (Å²) >= 11 is 0. The number of carboxylic acids is 1. The van der Waals surface area contributed by atoms with E-state index in [2.05, 4.69) is 9.97 Å². The molecule has 0 spiro atoms. The zero-order chi connectivity index (χ0) is 10.1. The fourth-order valence-corrected chi connectivity index (χ4v) is 1.88. The van der Waals surface area contributed by atoms with Crippen LogP contribution in [0.1, 0.15) is 35.8 Å². The van der Waals surface area contributed by atoms with Crippen LogP contribution in [0.2, 0.25) is 0 Å². The van der Waals surface area contributed by atoms with E-state index in [1.807, 2.05) is 0 Å². The minimum atomic E-state index is -0.774. The van der Waals surface area contributed by atoms with Gasteiger partial charge in [-0.1, -0.05) is 0 Å². The Morgan fingerprint density at radius 2 is 2.43 bits per heavy atom. The highest BCUT2D eigenvalue weighted by Gasteiger charge is 2.27. The molecule has 0 saturated carbocycles. The summed E-state index contributed by atoms with van der Waals surface area (Å²) in [6.07, 6.45) is 4.27. The molecule has 0 bridgehead atoms. The number of carboxylic acid groups (broad SMARTS) is 1. The fourth-order valence-electron chi connectivity index (χ4n) is 1.88. The van der Waals surface area contributed by atoms with E-state index in [0.29, 0.717) is 12.2 Å². The summed E-state index contributed by atoms with van der Waals surface area (Å²) in [6, 6.07) is 0. The molecule has 1 N–H and O–H groups in total. The van der Waals surface area contributed by atoms with E-state index in [1.54, 1.807) is 13.1 Å². The molecule has 14 heavy (non-hydrogen) atoms. The molecule has 1 aromatic rings. The Balaban J connectivity index is 2.46. The van der Waals surface area contributed by atoms with Crippen molar-refractivity contribution >= 4 is 5.97 Å². The molecular formula is C10H12N2O2. The predicted molar refractivity (Wildman–Crippen MR) is 50.1 cm³/mol. The average Bonchev–Trinajstić information content (AvgIpc) is 2.16. The standard InChI is InChI=1S/C10H12N2O2/c1-6-11-5-7-3-2-4-8(10(13)14)9(7)12-6/h5,8H,2-4H2,1H3,(H,13,14). The normalized spacial score (nSPS) is 20.2. The molecule has 74 valence electrons. The monoisotopic (exact) mass is 192 g/mol. The van der Waals surface area contributed by atoms with Gasteiger partial charge in [0.1, 0.15) is 5.82 Å². The average molecular weight is 192 g/mol. The van der Waals surface area contributed by atoms with Crippen molar-refractivity contribution < 1.29 is 9.90 Å². The van der Waals surface area contributed by atoms with Gasteiger partial charge in [0, 0.05) is 6.20 Å². The maximum Gasteiger partial charge on any atom is 0.312 e. The van der Waals surface area contributed by atoms with Gasteiger partial charge in [-0.05, 0) is 31.7 Å². The summed E-state index contributed by atoms with van der Waals surface area (Å²) < 4.78 is 0. The van der Waals surface area contributed by atoms with Crippen LogP contribution >= 0.6 is 0 Å². The number of nitrogens with zero attached hydrogens (tertiary/aromatic N) is 2. The topological polar surface area (TPSA) is 63.1 Å². The molecule has 0 fully saturated rings. The van der Waals surface area contributed by atoms with E-state index in [4.69, 9.17) is 5.11 Å². The molecule has 1 atom stereocenters. The number of aromatic nitrogens is 2. The van der Waals surface area contributed by atoms with Crippen LogP contribution in [0.15, 0.2) is 6.20 Å². The van der Waals surface area contributed by atoms with Crippen LogP contribution in [0.3, 0.4) is 0 Å². The first-order valence-corrected chi connectivity index (χ1v) is 4.73. The third-order valence-electron chi connectivity index (χ3n) is 2.59. The van der Waals surface area contributed by atoms with Gasteiger partial charge in [0.05, 0.1) is 11.6 Å². The highest BCUT2D eigenvalue weighted by molar-refractivity contribution is 5.76. The van der Waals surface area contributed by atoms with Crippen molar-refractivity contribution in [3.63, 3.8) is 0 Å². The zero-order valence-corrected chi connectivity index (χ0v) is 8.03. The largest absolute Gasteiger partial charge is 0.481 e. The number of hydrogen-bond donors (Lipinski definition) is 1. The van der Waals surface area contributed by atoms with E-state index < -0.39 is 11.9 Å². The first-order valence-electron chi connectivity index (χ1n) is 4.73. The third-order valence-corrected chi connectivity index (χ3v) is 2.59. The van der Waals surface area contributed by atoms with Crippen LogP contribution in [-0.4, -0.2) is 21.0 Å². The maximum absolute atomic E-state index is 11.0. The van der Waals surface area contributed by atoms with Crippen LogP contribution in [0.25, 0.3) is 0 Å². The summed E-state index contributed by atoms with van der Waals surface area (Å²) in [5.74, 6) is -0.554. The quantitative estimate of drug-likeness (QED) is 0.728. The van der Waals surface area contributed by atoms with Crippen LogP contribution < -0.4 is 0 Å². The molecule has 1 aliphatic rings. The van der Waals surface area contributed by atoms with Crippen molar-refractivity contribution in [2.45, 2.75) is 32.1 Å². The van der Waals surface area contributed by atoms with Gasteiger partial charge < -0.3 is 5.11 Å². The van der Waals surface area contributed by atoms with E-state index >= 15 is 0 Å². The van der Waals surface area contributed by atoms with E-state index in [9.17, 15) is 4.79 Å². The van der Waals surface area contributed by atoms with Gasteiger partial charge >= 0.3 is 5.97 Å². The van der Waals surface area contributed by atoms with E-state index in [1.165, 1.54) is 0 Å². The maximum atomic E-state index is 11.0. The minimum Gasteiger partial charge on any atom is -0.481 e. The molecule has 1 unspecified atom stereocenters. The summed E-state index contributed by atoms with van der Waals surface area (Å²) in [6.45, 7) is 1.79. The van der Waals surface area contributed by atoms with Gasteiger partial charge in [0.25, 0.3) is 0 Å². The SMILES string of the molecule is Cc1ncc2c(n1)C(C(=O)O)CCC2. The van der Waals surface area contributed by atoms with Crippen LogP contribution in [0, 0.1) is 6.92 Å². The molecule has 0 aliphatic heterocycles. The highest BCUT2D eigenvalue weighted by atomic mass is 16.4. The Bertz CT molecular complexity index is 376. The molecule has 0 saturated heterocycles. The Morgan fingerprint density at radius 3 is 3.14 bits per heavy atom. The molecule has 0 aromatic carbocycles. The number of rotatable bonds is 1. The molecule has 4 nitrogen and oxygen atoms in total. The predicted octanol–water partition coefficient (Wildman–Crippen LogP) is 1.29. The van der Waals surface area contributed by atoms with Crippen LogP contribution in [0.4, 0.5) is 0 Å². The first kappa shape index (κ1) is 9.12. The number of carbonyl (C=O) groups is 1. The number of aryl methyl sites for hydroxylation is 2. The second-order valence-corrected chi connectivity index (χ2v) is 3.61. The van der Waals surface area contributed by atoms with Crippen molar-refractivity contribution in [1.82, 2.24) is 9.97 Å². The van der Waals surface area contributed by atoms with Gasteiger partial charge in [-0.3, -0.25) is 4.79 Å². The van der Waals surface area contributed by atoms with E-state index in [-0.39, 0.29) is 0 Å². The number of hydrogen-bond acceptors (Lipinski definition) is 3. The lowest BCUT2D eigenvalue weighted by molar-refractivity contribution is -0.139. The second-order valence-electron chi connectivity index (χ2n) is 3.61. The summed E-state index contributed by atoms with van der Waals surface area (Å²) in [5.41, 5.74) is 1.71. The first-order chi connectivity index (χ1) is 6.68. The third kappa shape index (κ3) is 1.47. The summed E-state index contributed by atoms with van der Waals surface area (Å²) in [5, 5.41) is 9.02. The lowest BCUT2D eigenvalue weighted by Gasteiger charge is -2.20. The number of aliphatic carboxylic acids is 1. The Hall–Kier alpha value is -1.45. The van der Waals surface area contributed by atoms with Crippen molar-refractivity contribution in [1.29, 1.82) is 0 Å². The van der Waals surface area contributed by atoms with Crippen molar-refractivity contribution in [3.8, 4) is 0 Å². The summed E-state index contributed by atoms with van der Waals surface area (Å²) in [7, 11) is 0. The smallest absolute Gasteiger partial charge is 0.312 e. The Morgan fingerprint density at radius 1 is 1.64 bits per heavy atom. The molecule has 1 aliphatic carbocycles. The Kier molecular flexibility index (Phi) is 2.19. The lowest BCUT2D eigenvalue weighted by Crippen LogP contribution is -2.20. The van der Waals surface area contributed by atoms with Crippen molar-refractivity contribution in [2.24, 2.45) is 0 Å². The van der Waals surface area contributed by atoms with Gasteiger partial charge in [0.15, 0.2) is 0 Å². The van der Waals surface area contributed by atoms with Gasteiger partial charge in [-0.2, -0.15) is 0 Å². The fraction of sp³-hybridized carbons (Fsp3) is 0.500. The minimum absolute atomic E-state index is 0.430. The number of fused-ring (bicyclic) bond motifs is 1. The lowest BCUT2D eigenvalue weighted by atomic mass is 9.87. The molecule has 2 rings (SSSR count). The van der Waals surface area contributed by atoms with Gasteiger partial charge in [-0.25, -0.2) is 9.97 Å². The molecule has 1 heterocycles. The Labute approximate surface area is 82.0 Å². The molecular weight excluding hydrogens is 180 g/mol. The van der Waals surface area contributed by atoms with E-state index in [0.717, 1.165) is 24.1 Å². The van der Waals surface area contributed by atoms with Crippen molar-refractivity contribution in [2.75, 3.05) is 0 Å². The summed E-state index contributed by atoms with van der Waals surface area (Å²) in [4.78, 5) is 19.3. The molecule has 1 aromatic heterocycles. The molecule has 0 amide bonds. The van der Waals surface area contributed by atoms with Gasteiger partial charge in [-0.15, -0.1) is 0 Å². The highest BCUT2D eigenvalue weighted by Crippen LogP contribution is 2.29. The zero-order valence-electron chi connectivity index (χ0n) is 8.03. The molecule has 4 heteroatoms. The molecule has 0 radical (unpaired) electrons. The van der Waals surface area contributed by atoms with Crippen molar-refractivity contribution in [3.05, 3.63) is 23.3 Å². The van der Waals surface area contributed by atoms with Crippen LogP contribution in [0.5, 0.6) is 0 Å². The second kappa shape index (κ2) is 3.36. The van der Waals surface area contributed by atoms with Crippen LogP contribution in [-0.2, 0) is 11.2 Å².